The molecule has 2 aromatic rings. The van der Waals surface area contributed by atoms with Crippen LogP contribution >= 0.6 is 0 Å². The summed E-state index contributed by atoms with van der Waals surface area (Å²) in [7, 11) is -3.77. The van der Waals surface area contributed by atoms with Crippen LogP contribution in [-0.4, -0.2) is 47.5 Å². The highest BCUT2D eigenvalue weighted by Crippen LogP contribution is 2.41. The maximum Gasteiger partial charge on any atom is 0.354 e. The number of sulfonamides is 1. The smallest absolute Gasteiger partial charge is 0.354 e. The van der Waals surface area contributed by atoms with Crippen molar-refractivity contribution in [3.05, 3.63) is 59.9 Å². The summed E-state index contributed by atoms with van der Waals surface area (Å²) in [6.45, 7) is 0.426. The number of rotatable bonds is 4. The van der Waals surface area contributed by atoms with E-state index in [9.17, 15) is 13.2 Å². The van der Waals surface area contributed by atoms with E-state index < -0.39 is 16.0 Å². The Bertz CT molecular complexity index is 930. The minimum Gasteiger partial charge on any atom is -0.477 e. The normalized spacial score (nSPS) is 25.9. The van der Waals surface area contributed by atoms with Crippen LogP contribution in [-0.2, 0) is 14.8 Å². The minimum absolute atomic E-state index is 0.0105. The van der Waals surface area contributed by atoms with Gasteiger partial charge in [0, 0.05) is 12.7 Å². The van der Waals surface area contributed by atoms with Gasteiger partial charge in [-0.3, -0.25) is 0 Å². The van der Waals surface area contributed by atoms with Gasteiger partial charge in [-0.25, -0.2) is 18.2 Å². The number of aromatic carboxylic acids is 1. The molecule has 1 aromatic heterocycles. The fourth-order valence-electron chi connectivity index (χ4n) is 3.88. The average molecular weight is 388 g/mol. The molecule has 7 nitrogen and oxygen atoms in total. The molecule has 1 aromatic carbocycles. The number of carboxylic acids is 1. The van der Waals surface area contributed by atoms with Gasteiger partial charge in [0.1, 0.15) is 10.6 Å². The van der Waals surface area contributed by atoms with Crippen molar-refractivity contribution in [3.8, 4) is 0 Å². The average Bonchev–Trinajstić information content (AvgIpc) is 3.13. The molecular weight excluding hydrogens is 368 g/mol. The Morgan fingerprint density at radius 2 is 1.96 bits per heavy atom. The summed E-state index contributed by atoms with van der Waals surface area (Å²) in [4.78, 5) is 14.7. The summed E-state index contributed by atoms with van der Waals surface area (Å²) in [5, 5.41) is 8.95. The second-order valence-electron chi connectivity index (χ2n) is 6.82. The highest BCUT2D eigenvalue weighted by atomic mass is 32.2. The molecule has 4 rings (SSSR count). The zero-order chi connectivity index (χ0) is 19.0. The third kappa shape index (κ3) is 3.36. The molecule has 0 saturated carbocycles. The van der Waals surface area contributed by atoms with Crippen molar-refractivity contribution in [2.45, 2.75) is 42.4 Å². The van der Waals surface area contributed by atoms with Gasteiger partial charge in [0.05, 0.1) is 18.2 Å². The van der Waals surface area contributed by atoms with Crippen LogP contribution in [0.25, 0.3) is 0 Å². The molecule has 0 bridgehead atoms. The number of pyridine rings is 1. The first-order valence-corrected chi connectivity index (χ1v) is 10.3. The molecule has 1 N–H and O–H groups in total. The largest absolute Gasteiger partial charge is 0.477 e. The number of benzene rings is 1. The Morgan fingerprint density at radius 1 is 1.19 bits per heavy atom. The molecule has 27 heavy (non-hydrogen) atoms. The number of carboxylic acid groups (broad SMARTS) is 1. The molecule has 2 fully saturated rings. The summed E-state index contributed by atoms with van der Waals surface area (Å²) in [5.74, 6) is -1.19. The minimum atomic E-state index is -3.77. The maximum atomic E-state index is 13.1. The molecule has 0 radical (unpaired) electrons. The quantitative estimate of drug-likeness (QED) is 0.864. The lowest BCUT2D eigenvalue weighted by Crippen LogP contribution is -2.48. The summed E-state index contributed by atoms with van der Waals surface area (Å²) < 4.78 is 33.9. The lowest BCUT2D eigenvalue weighted by atomic mass is 9.98. The van der Waals surface area contributed by atoms with Crippen LogP contribution in [0, 0.1) is 0 Å². The predicted molar refractivity (Wildman–Crippen MR) is 96.8 cm³/mol. The highest BCUT2D eigenvalue weighted by molar-refractivity contribution is 7.89. The van der Waals surface area contributed by atoms with Crippen molar-refractivity contribution in [2.75, 3.05) is 6.54 Å². The van der Waals surface area contributed by atoms with Crippen molar-refractivity contribution >= 4 is 16.0 Å². The lowest BCUT2D eigenvalue weighted by molar-refractivity contribution is 0.0130. The van der Waals surface area contributed by atoms with Crippen LogP contribution in [0.4, 0.5) is 0 Å². The Labute approximate surface area is 157 Å². The zero-order valence-corrected chi connectivity index (χ0v) is 15.4. The van der Waals surface area contributed by atoms with E-state index in [2.05, 4.69) is 4.98 Å². The molecule has 3 atom stereocenters. The first-order chi connectivity index (χ1) is 13.0. The second kappa shape index (κ2) is 7.03. The fraction of sp³-hybridized carbons (Fsp3) is 0.368. The van der Waals surface area contributed by atoms with Crippen LogP contribution in [0.3, 0.4) is 0 Å². The van der Waals surface area contributed by atoms with Crippen molar-refractivity contribution in [1.29, 1.82) is 0 Å². The van der Waals surface area contributed by atoms with Crippen molar-refractivity contribution in [1.82, 2.24) is 9.29 Å². The van der Waals surface area contributed by atoms with E-state index in [1.54, 1.807) is 0 Å². The van der Waals surface area contributed by atoms with Crippen LogP contribution in [0.15, 0.2) is 53.6 Å². The van der Waals surface area contributed by atoms with E-state index in [-0.39, 0.29) is 28.8 Å². The van der Waals surface area contributed by atoms with Crippen LogP contribution < -0.4 is 0 Å². The molecule has 0 amide bonds. The Morgan fingerprint density at radius 3 is 2.63 bits per heavy atom. The van der Waals surface area contributed by atoms with Gasteiger partial charge >= 0.3 is 5.97 Å². The number of fused-ring (bicyclic) bond motifs is 1. The molecule has 142 valence electrons. The molecule has 2 aliphatic rings. The van der Waals surface area contributed by atoms with Crippen LogP contribution in [0.1, 0.15) is 41.4 Å². The van der Waals surface area contributed by atoms with Gasteiger partial charge in [0.15, 0.2) is 0 Å². The summed E-state index contributed by atoms with van der Waals surface area (Å²) in [6, 6.07) is 12.1. The van der Waals surface area contributed by atoms with Gasteiger partial charge in [0.2, 0.25) is 10.0 Å². The molecule has 3 heterocycles. The number of hydrogen-bond acceptors (Lipinski definition) is 5. The molecule has 2 saturated heterocycles. The molecule has 8 heteroatoms. The van der Waals surface area contributed by atoms with Gasteiger partial charge in [-0.2, -0.15) is 4.31 Å². The zero-order valence-electron chi connectivity index (χ0n) is 14.6. The molecule has 0 spiro atoms. The SMILES string of the molecule is O=C(O)c1ccc(S(=O)(=O)N2CCC[C@@H]3O[C@H](c4ccccc4)C[C@@H]32)cn1. The standard InChI is InChI=1S/C19H20N2O5S/c22-19(23)15-9-8-14(12-20-15)27(24,25)21-10-4-7-17-16(21)11-18(26-17)13-5-2-1-3-6-13/h1-3,5-6,8-9,12,16-18H,4,7,10-11H2,(H,22,23)/t16-,17-,18-/m0/s1. The van der Waals surface area contributed by atoms with Gasteiger partial charge in [-0.15, -0.1) is 0 Å². The van der Waals surface area contributed by atoms with Gasteiger partial charge in [-0.05, 0) is 37.0 Å². The van der Waals surface area contributed by atoms with Crippen LogP contribution in [0.2, 0.25) is 0 Å². The Hall–Kier alpha value is -2.29. The van der Waals surface area contributed by atoms with E-state index in [1.807, 2.05) is 30.3 Å². The number of hydrogen-bond donors (Lipinski definition) is 1. The van der Waals surface area contributed by atoms with E-state index in [0.717, 1.165) is 24.6 Å². The van der Waals surface area contributed by atoms with Gasteiger partial charge < -0.3 is 9.84 Å². The third-order valence-corrected chi connectivity index (χ3v) is 7.10. The second-order valence-corrected chi connectivity index (χ2v) is 8.71. The predicted octanol–water partition coefficient (Wildman–Crippen LogP) is 2.46. The van der Waals surface area contributed by atoms with E-state index >= 15 is 0 Å². The monoisotopic (exact) mass is 388 g/mol. The van der Waals surface area contributed by atoms with E-state index in [4.69, 9.17) is 9.84 Å². The first kappa shape index (κ1) is 18.1. The number of carbonyl (C=O) groups is 1. The number of piperidine rings is 1. The highest BCUT2D eigenvalue weighted by Gasteiger charge is 2.46. The van der Waals surface area contributed by atoms with Crippen molar-refractivity contribution in [3.63, 3.8) is 0 Å². The Balaban J connectivity index is 1.60. The molecule has 0 aliphatic carbocycles. The summed E-state index contributed by atoms with van der Waals surface area (Å²) >= 11 is 0. The third-order valence-electron chi connectivity index (χ3n) is 5.19. The maximum absolute atomic E-state index is 13.1. The number of ether oxygens (including phenoxy) is 1. The topological polar surface area (TPSA) is 96.8 Å². The molecular formula is C19H20N2O5S. The van der Waals surface area contributed by atoms with Gasteiger partial charge in [-0.1, -0.05) is 30.3 Å². The fourth-order valence-corrected chi connectivity index (χ4v) is 5.53. The molecule has 2 aliphatic heterocycles. The first-order valence-electron chi connectivity index (χ1n) is 8.88. The van der Waals surface area contributed by atoms with Crippen molar-refractivity contribution < 1.29 is 23.1 Å². The van der Waals surface area contributed by atoms with E-state index in [0.29, 0.717) is 13.0 Å². The summed E-state index contributed by atoms with van der Waals surface area (Å²) in [6.07, 6.45) is 3.02. The van der Waals surface area contributed by atoms with E-state index in [1.165, 1.54) is 16.4 Å². The van der Waals surface area contributed by atoms with Crippen molar-refractivity contribution in [2.24, 2.45) is 0 Å². The summed E-state index contributed by atoms with van der Waals surface area (Å²) in [5.41, 5.74) is 0.871. The number of aromatic nitrogens is 1. The number of nitrogens with zero attached hydrogens (tertiary/aromatic N) is 2. The van der Waals surface area contributed by atoms with Crippen LogP contribution in [0.5, 0.6) is 0 Å². The lowest BCUT2D eigenvalue weighted by Gasteiger charge is -2.35. The Kier molecular flexibility index (Phi) is 4.71. The molecule has 0 unspecified atom stereocenters. The van der Waals surface area contributed by atoms with Gasteiger partial charge in [0.25, 0.3) is 0 Å².